The maximum Gasteiger partial charge on any atom is 0.417 e. The lowest BCUT2D eigenvalue weighted by atomic mass is 9.64. The molecular weight excluding hydrogens is 351 g/mol. The number of sulfonamides is 1. The normalized spacial score (nSPS) is 17.1. The molecule has 1 fully saturated rings. The predicted octanol–water partition coefficient (Wildman–Crippen LogP) is 4.11. The molecule has 1 saturated carbocycles. The molecule has 1 N–H and O–H groups in total. The second-order valence-corrected chi connectivity index (χ2v) is 8.05. The molecule has 2 aromatic rings. The van der Waals surface area contributed by atoms with Gasteiger partial charge in [0.25, 0.3) is 0 Å². The van der Waals surface area contributed by atoms with Gasteiger partial charge in [0.1, 0.15) is 0 Å². The zero-order valence-corrected chi connectivity index (χ0v) is 14.2. The van der Waals surface area contributed by atoms with Crippen LogP contribution in [0.15, 0.2) is 59.5 Å². The van der Waals surface area contributed by atoms with Crippen LogP contribution < -0.4 is 4.72 Å². The predicted molar refractivity (Wildman–Crippen MR) is 88.6 cm³/mol. The van der Waals surface area contributed by atoms with E-state index in [4.69, 9.17) is 0 Å². The molecule has 3 nitrogen and oxygen atoms in total. The van der Waals surface area contributed by atoms with Crippen molar-refractivity contribution in [1.29, 1.82) is 0 Å². The molecule has 0 amide bonds. The molecule has 0 radical (unpaired) electrons. The van der Waals surface area contributed by atoms with Crippen molar-refractivity contribution in [2.75, 3.05) is 6.54 Å². The number of benzene rings is 2. The summed E-state index contributed by atoms with van der Waals surface area (Å²) >= 11 is 0. The Morgan fingerprint density at radius 1 is 0.960 bits per heavy atom. The van der Waals surface area contributed by atoms with Crippen LogP contribution in [0.25, 0.3) is 0 Å². The lowest BCUT2D eigenvalue weighted by Gasteiger charge is -2.42. The van der Waals surface area contributed by atoms with E-state index in [9.17, 15) is 21.6 Å². The van der Waals surface area contributed by atoms with E-state index in [1.807, 2.05) is 30.3 Å². The van der Waals surface area contributed by atoms with Crippen molar-refractivity contribution in [3.8, 4) is 0 Å². The summed E-state index contributed by atoms with van der Waals surface area (Å²) < 4.78 is 66.7. The van der Waals surface area contributed by atoms with Crippen molar-refractivity contribution in [3.63, 3.8) is 0 Å². The Morgan fingerprint density at radius 2 is 1.56 bits per heavy atom. The fraction of sp³-hybridized carbons (Fsp3) is 0.333. The molecule has 0 spiro atoms. The van der Waals surface area contributed by atoms with Crippen molar-refractivity contribution < 1.29 is 21.6 Å². The fourth-order valence-electron chi connectivity index (χ4n) is 3.21. The number of rotatable bonds is 5. The van der Waals surface area contributed by atoms with Gasteiger partial charge in [0.2, 0.25) is 10.0 Å². The van der Waals surface area contributed by atoms with Gasteiger partial charge in [-0.25, -0.2) is 13.1 Å². The monoisotopic (exact) mass is 369 g/mol. The van der Waals surface area contributed by atoms with E-state index < -0.39 is 26.7 Å². The lowest BCUT2D eigenvalue weighted by molar-refractivity contribution is -0.139. The van der Waals surface area contributed by atoms with Crippen LogP contribution in [-0.2, 0) is 21.6 Å². The number of alkyl halides is 3. The van der Waals surface area contributed by atoms with Crippen LogP contribution in [-0.4, -0.2) is 15.0 Å². The third-order valence-electron chi connectivity index (χ3n) is 4.78. The van der Waals surface area contributed by atoms with Gasteiger partial charge in [0.15, 0.2) is 0 Å². The Morgan fingerprint density at radius 3 is 2.12 bits per heavy atom. The van der Waals surface area contributed by atoms with E-state index in [1.165, 1.54) is 12.1 Å². The molecule has 0 aliphatic heterocycles. The van der Waals surface area contributed by atoms with Gasteiger partial charge >= 0.3 is 6.18 Å². The summed E-state index contributed by atoms with van der Waals surface area (Å²) in [4.78, 5) is -0.731. The molecule has 0 bridgehead atoms. The Bertz CT molecular complexity index is 844. The van der Waals surface area contributed by atoms with Crippen LogP contribution in [0.3, 0.4) is 0 Å². The highest BCUT2D eigenvalue weighted by atomic mass is 32.2. The summed E-state index contributed by atoms with van der Waals surface area (Å²) in [7, 11) is -4.26. The van der Waals surface area contributed by atoms with Gasteiger partial charge in [-0.3, -0.25) is 0 Å². The number of hydrogen-bond donors (Lipinski definition) is 1. The Balaban J connectivity index is 1.86. The van der Waals surface area contributed by atoms with Crippen LogP contribution in [0.4, 0.5) is 13.2 Å². The number of halogens is 3. The van der Waals surface area contributed by atoms with E-state index in [-0.39, 0.29) is 12.0 Å². The Kier molecular flexibility index (Phi) is 4.64. The van der Waals surface area contributed by atoms with Crippen molar-refractivity contribution >= 4 is 10.0 Å². The first-order valence-electron chi connectivity index (χ1n) is 7.96. The quantitative estimate of drug-likeness (QED) is 0.862. The standard InChI is InChI=1S/C18H18F3NO2S/c19-18(20,21)15-9-4-5-10-16(15)25(23,24)22-13-17(11-6-12-17)14-7-2-1-3-8-14/h1-5,7-10,22H,6,11-13H2. The minimum Gasteiger partial charge on any atom is -0.210 e. The third-order valence-corrected chi connectivity index (χ3v) is 6.24. The van der Waals surface area contributed by atoms with Crippen LogP contribution in [0, 0.1) is 0 Å². The minimum absolute atomic E-state index is 0.0888. The minimum atomic E-state index is -4.72. The van der Waals surface area contributed by atoms with Crippen LogP contribution in [0.2, 0.25) is 0 Å². The van der Waals surface area contributed by atoms with Gasteiger partial charge in [-0.15, -0.1) is 0 Å². The maximum absolute atomic E-state index is 13.1. The van der Waals surface area contributed by atoms with Crippen molar-refractivity contribution in [2.24, 2.45) is 0 Å². The van der Waals surface area contributed by atoms with E-state index in [0.717, 1.165) is 37.0 Å². The smallest absolute Gasteiger partial charge is 0.210 e. The van der Waals surface area contributed by atoms with Crippen LogP contribution in [0.1, 0.15) is 30.4 Å². The average Bonchev–Trinajstić information content (AvgIpc) is 2.54. The van der Waals surface area contributed by atoms with Gasteiger partial charge in [0, 0.05) is 12.0 Å². The largest absolute Gasteiger partial charge is 0.417 e. The molecule has 1 aliphatic carbocycles. The van der Waals surface area contributed by atoms with Crippen LogP contribution in [0.5, 0.6) is 0 Å². The van der Waals surface area contributed by atoms with Gasteiger partial charge in [-0.05, 0) is 30.5 Å². The topological polar surface area (TPSA) is 46.2 Å². The number of hydrogen-bond acceptors (Lipinski definition) is 2. The molecule has 7 heteroatoms. The molecule has 1 aliphatic rings. The molecule has 0 aromatic heterocycles. The first-order valence-corrected chi connectivity index (χ1v) is 9.44. The maximum atomic E-state index is 13.1. The molecular formula is C18H18F3NO2S. The molecule has 25 heavy (non-hydrogen) atoms. The zero-order valence-electron chi connectivity index (χ0n) is 13.4. The Hall–Kier alpha value is -1.86. The van der Waals surface area contributed by atoms with E-state index in [0.29, 0.717) is 0 Å². The molecule has 0 unspecified atom stereocenters. The molecule has 0 atom stereocenters. The highest BCUT2D eigenvalue weighted by Gasteiger charge is 2.41. The SMILES string of the molecule is O=S(=O)(NCC1(c2ccccc2)CCC1)c1ccccc1C(F)(F)F. The van der Waals surface area contributed by atoms with Gasteiger partial charge < -0.3 is 0 Å². The van der Waals surface area contributed by atoms with Gasteiger partial charge in [0.05, 0.1) is 10.5 Å². The average molecular weight is 369 g/mol. The summed E-state index contributed by atoms with van der Waals surface area (Å²) in [6, 6.07) is 13.7. The highest BCUT2D eigenvalue weighted by Crippen LogP contribution is 2.43. The van der Waals surface area contributed by atoms with Gasteiger partial charge in [-0.2, -0.15) is 13.2 Å². The molecule has 2 aromatic carbocycles. The summed E-state index contributed by atoms with van der Waals surface area (Å²) in [6.07, 6.45) is -2.14. The first kappa shape index (κ1) is 17.9. The molecule has 0 saturated heterocycles. The van der Waals surface area contributed by atoms with Crippen molar-refractivity contribution in [3.05, 3.63) is 65.7 Å². The van der Waals surface area contributed by atoms with Gasteiger partial charge in [-0.1, -0.05) is 48.9 Å². The third kappa shape index (κ3) is 3.57. The summed E-state index contributed by atoms with van der Waals surface area (Å²) in [5, 5.41) is 0. The first-order chi connectivity index (χ1) is 11.7. The molecule has 0 heterocycles. The summed E-state index contributed by atoms with van der Waals surface area (Å²) in [5.41, 5.74) is -0.487. The second kappa shape index (κ2) is 6.46. The van der Waals surface area contributed by atoms with E-state index >= 15 is 0 Å². The van der Waals surface area contributed by atoms with E-state index in [1.54, 1.807) is 0 Å². The lowest BCUT2D eigenvalue weighted by Crippen LogP contribution is -2.45. The molecule has 3 rings (SSSR count). The highest BCUT2D eigenvalue weighted by molar-refractivity contribution is 7.89. The molecule has 134 valence electrons. The summed E-state index contributed by atoms with van der Waals surface area (Å²) in [6.45, 7) is 0.0888. The fourth-order valence-corrected chi connectivity index (χ4v) is 4.56. The Labute approximate surface area is 144 Å². The summed E-state index contributed by atoms with van der Waals surface area (Å²) in [5.74, 6) is 0. The second-order valence-electron chi connectivity index (χ2n) is 6.32. The van der Waals surface area contributed by atoms with Crippen molar-refractivity contribution in [2.45, 2.75) is 35.7 Å². The van der Waals surface area contributed by atoms with Crippen molar-refractivity contribution in [1.82, 2.24) is 4.72 Å². The van der Waals surface area contributed by atoms with Crippen LogP contribution >= 0.6 is 0 Å². The van der Waals surface area contributed by atoms with E-state index in [2.05, 4.69) is 4.72 Å². The zero-order chi connectivity index (χ0) is 18.1. The number of nitrogens with one attached hydrogen (secondary N) is 1.